The summed E-state index contributed by atoms with van der Waals surface area (Å²) in [5, 5.41) is 2.04. The zero-order valence-corrected chi connectivity index (χ0v) is 10.9. The van der Waals surface area contributed by atoms with Gasteiger partial charge in [-0.3, -0.25) is 4.79 Å². The van der Waals surface area contributed by atoms with Crippen molar-refractivity contribution < 1.29 is 4.79 Å². The second kappa shape index (κ2) is 6.55. The van der Waals surface area contributed by atoms with E-state index in [0.29, 0.717) is 0 Å². The molecule has 2 aromatic carbocycles. The Labute approximate surface area is 117 Å². The lowest BCUT2D eigenvalue weighted by molar-refractivity contribution is -0.113. The minimum atomic E-state index is -0.401. The first-order chi connectivity index (χ1) is 9.29. The van der Waals surface area contributed by atoms with Crippen LogP contribution >= 0.6 is 12.2 Å². The van der Waals surface area contributed by atoms with E-state index in [1.807, 2.05) is 47.6 Å². The minimum Gasteiger partial charge on any atom is -0.267 e. The van der Waals surface area contributed by atoms with Gasteiger partial charge in [0.05, 0.1) is 5.16 Å². The number of amides is 1. The van der Waals surface area contributed by atoms with Gasteiger partial charge in [-0.2, -0.15) is 4.99 Å². The summed E-state index contributed by atoms with van der Waals surface area (Å²) in [4.78, 5) is 14.5. The summed E-state index contributed by atoms with van der Waals surface area (Å²) in [7, 11) is 0. The number of rotatable bonds is 3. The van der Waals surface area contributed by atoms with Crippen LogP contribution in [0.2, 0.25) is 0 Å². The van der Waals surface area contributed by atoms with Gasteiger partial charge in [0, 0.05) is 6.08 Å². The third kappa shape index (κ3) is 3.81. The molecule has 3 heteroatoms. The molecule has 0 saturated carbocycles. The summed E-state index contributed by atoms with van der Waals surface area (Å²) in [6, 6.07) is 18.1. The highest BCUT2D eigenvalue weighted by Gasteiger charge is 1.96. The molecule has 0 fully saturated rings. The van der Waals surface area contributed by atoms with Gasteiger partial charge < -0.3 is 0 Å². The highest BCUT2D eigenvalue weighted by Crippen LogP contribution is 2.19. The largest absolute Gasteiger partial charge is 0.278 e. The van der Waals surface area contributed by atoms with Gasteiger partial charge in [-0.15, -0.1) is 0 Å². The minimum absolute atomic E-state index is 0.401. The standard InChI is InChI=1S/C16H11NOS/c18-16(17-12-19)11-8-13-6-9-15(10-7-13)14-4-2-1-3-5-14/h1-11H/b11-8+. The number of hydrogen-bond acceptors (Lipinski definition) is 2. The molecule has 19 heavy (non-hydrogen) atoms. The fourth-order valence-electron chi connectivity index (χ4n) is 1.67. The van der Waals surface area contributed by atoms with Gasteiger partial charge in [-0.1, -0.05) is 54.6 Å². The SMILES string of the molecule is O=C(/C=C/c1ccc(-c2ccccc2)cc1)N=C=S. The normalized spacial score (nSPS) is 10.1. The lowest BCUT2D eigenvalue weighted by atomic mass is 10.0. The van der Waals surface area contributed by atoms with E-state index in [2.05, 4.69) is 29.3 Å². The Bertz CT molecular complexity index is 638. The highest BCUT2D eigenvalue weighted by atomic mass is 32.1. The van der Waals surface area contributed by atoms with Gasteiger partial charge in [-0.25, -0.2) is 0 Å². The van der Waals surface area contributed by atoms with Crippen molar-refractivity contribution in [2.45, 2.75) is 0 Å². The zero-order chi connectivity index (χ0) is 13.5. The van der Waals surface area contributed by atoms with Crippen LogP contribution in [0, 0.1) is 0 Å². The predicted molar refractivity (Wildman–Crippen MR) is 80.9 cm³/mol. The van der Waals surface area contributed by atoms with Crippen LogP contribution in [0.3, 0.4) is 0 Å². The maximum atomic E-state index is 11.1. The molecule has 92 valence electrons. The predicted octanol–water partition coefficient (Wildman–Crippen LogP) is 4.00. The summed E-state index contributed by atoms with van der Waals surface area (Å²) in [6.07, 6.45) is 3.07. The molecule has 0 aliphatic rings. The molecule has 2 nitrogen and oxygen atoms in total. The topological polar surface area (TPSA) is 29.4 Å². The molecule has 2 rings (SSSR count). The molecule has 0 saturated heterocycles. The molecule has 0 N–H and O–H groups in total. The zero-order valence-electron chi connectivity index (χ0n) is 10.1. The van der Waals surface area contributed by atoms with Crippen LogP contribution in [0.4, 0.5) is 0 Å². The van der Waals surface area contributed by atoms with E-state index in [4.69, 9.17) is 0 Å². The molecule has 0 aliphatic heterocycles. The van der Waals surface area contributed by atoms with E-state index in [9.17, 15) is 4.79 Å². The Morgan fingerprint density at radius 2 is 1.63 bits per heavy atom. The maximum absolute atomic E-state index is 11.1. The second-order valence-electron chi connectivity index (χ2n) is 3.86. The molecular formula is C16H11NOS. The molecule has 0 spiro atoms. The average Bonchev–Trinajstić information content (AvgIpc) is 2.47. The molecule has 2 aromatic rings. The number of aliphatic imine (C=N–C) groups is 1. The van der Waals surface area contributed by atoms with Crippen molar-refractivity contribution in [2.75, 3.05) is 0 Å². The Balaban J connectivity index is 2.15. The molecule has 0 heterocycles. The monoisotopic (exact) mass is 265 g/mol. The fourth-order valence-corrected chi connectivity index (χ4v) is 1.76. The smallest absolute Gasteiger partial charge is 0.267 e. The number of hydrogen-bond donors (Lipinski definition) is 0. The Morgan fingerprint density at radius 3 is 2.26 bits per heavy atom. The number of carbonyl (C=O) groups excluding carboxylic acids is 1. The fraction of sp³-hybridized carbons (Fsp3) is 0. The van der Waals surface area contributed by atoms with Gasteiger partial charge in [0.2, 0.25) is 0 Å². The van der Waals surface area contributed by atoms with Crippen LogP contribution in [0.5, 0.6) is 0 Å². The third-order valence-electron chi connectivity index (χ3n) is 2.59. The summed E-state index contributed by atoms with van der Waals surface area (Å²) in [5.74, 6) is -0.401. The van der Waals surface area contributed by atoms with E-state index in [1.165, 1.54) is 11.6 Å². The van der Waals surface area contributed by atoms with E-state index >= 15 is 0 Å². The lowest BCUT2D eigenvalue weighted by Gasteiger charge is -2.01. The summed E-state index contributed by atoms with van der Waals surface area (Å²) >= 11 is 4.36. The van der Waals surface area contributed by atoms with Crippen LogP contribution in [-0.2, 0) is 4.79 Å². The second-order valence-corrected chi connectivity index (χ2v) is 4.05. The lowest BCUT2D eigenvalue weighted by Crippen LogP contribution is -1.84. The molecule has 0 unspecified atom stereocenters. The quantitative estimate of drug-likeness (QED) is 0.477. The van der Waals surface area contributed by atoms with Crippen molar-refractivity contribution in [2.24, 2.45) is 4.99 Å². The van der Waals surface area contributed by atoms with Crippen molar-refractivity contribution in [3.05, 3.63) is 66.2 Å². The van der Waals surface area contributed by atoms with Crippen LogP contribution < -0.4 is 0 Å². The first-order valence-corrected chi connectivity index (χ1v) is 6.16. The van der Waals surface area contributed by atoms with Crippen molar-refractivity contribution in [3.63, 3.8) is 0 Å². The number of benzene rings is 2. The summed E-state index contributed by atoms with van der Waals surface area (Å²) in [6.45, 7) is 0. The van der Waals surface area contributed by atoms with Crippen LogP contribution in [0.15, 0.2) is 65.7 Å². The maximum Gasteiger partial charge on any atom is 0.278 e. The Morgan fingerprint density at radius 1 is 1.00 bits per heavy atom. The van der Waals surface area contributed by atoms with E-state index in [-0.39, 0.29) is 0 Å². The molecule has 0 atom stereocenters. The van der Waals surface area contributed by atoms with Gasteiger partial charge in [0.1, 0.15) is 0 Å². The number of thiocarbonyl (C=S) groups is 1. The first kappa shape index (κ1) is 13.1. The number of nitrogens with zero attached hydrogens (tertiary/aromatic N) is 1. The Hall–Kier alpha value is -2.35. The van der Waals surface area contributed by atoms with E-state index in [0.717, 1.165) is 11.1 Å². The summed E-state index contributed by atoms with van der Waals surface area (Å²) < 4.78 is 0. The molecular weight excluding hydrogens is 254 g/mol. The van der Waals surface area contributed by atoms with E-state index < -0.39 is 5.91 Å². The van der Waals surface area contributed by atoms with Crippen molar-refractivity contribution in [3.8, 4) is 11.1 Å². The first-order valence-electron chi connectivity index (χ1n) is 5.75. The van der Waals surface area contributed by atoms with Crippen molar-refractivity contribution in [1.29, 1.82) is 0 Å². The van der Waals surface area contributed by atoms with Gasteiger partial charge >= 0.3 is 0 Å². The average molecular weight is 265 g/mol. The molecule has 1 amide bonds. The molecule has 0 bridgehead atoms. The van der Waals surface area contributed by atoms with Crippen molar-refractivity contribution >= 4 is 29.4 Å². The van der Waals surface area contributed by atoms with Gasteiger partial charge in [0.15, 0.2) is 0 Å². The van der Waals surface area contributed by atoms with Gasteiger partial charge in [-0.05, 0) is 35.0 Å². The van der Waals surface area contributed by atoms with Crippen LogP contribution in [0.1, 0.15) is 5.56 Å². The summed E-state index contributed by atoms with van der Waals surface area (Å²) in [5.41, 5.74) is 3.24. The van der Waals surface area contributed by atoms with Crippen LogP contribution in [-0.4, -0.2) is 11.1 Å². The molecule has 0 aromatic heterocycles. The molecule has 0 aliphatic carbocycles. The van der Waals surface area contributed by atoms with Crippen LogP contribution in [0.25, 0.3) is 17.2 Å². The number of isothiocyanates is 1. The number of carbonyl (C=O) groups is 1. The highest BCUT2D eigenvalue weighted by molar-refractivity contribution is 7.78. The molecule has 0 radical (unpaired) electrons. The van der Waals surface area contributed by atoms with Gasteiger partial charge in [0.25, 0.3) is 5.91 Å². The van der Waals surface area contributed by atoms with E-state index in [1.54, 1.807) is 6.08 Å². The third-order valence-corrected chi connectivity index (χ3v) is 2.68. The van der Waals surface area contributed by atoms with Crippen molar-refractivity contribution in [1.82, 2.24) is 0 Å². The Kier molecular flexibility index (Phi) is 4.51.